The molecule has 0 aliphatic heterocycles. The van der Waals surface area contributed by atoms with E-state index in [9.17, 15) is 4.79 Å². The second kappa shape index (κ2) is 12.0. The first-order chi connectivity index (χ1) is 15.2. The number of aromatic amines is 1. The maximum atomic E-state index is 12.1. The zero-order valence-electron chi connectivity index (χ0n) is 17.9. The van der Waals surface area contributed by atoms with Crippen LogP contribution in [0.4, 0.5) is 0 Å². The van der Waals surface area contributed by atoms with Crippen LogP contribution in [-0.2, 0) is 4.79 Å². The topological polar surface area (TPSA) is 88.6 Å². The van der Waals surface area contributed by atoms with E-state index < -0.39 is 0 Å². The van der Waals surface area contributed by atoms with E-state index in [0.717, 1.165) is 41.6 Å². The van der Waals surface area contributed by atoms with Gasteiger partial charge in [-0.25, -0.2) is 10.4 Å². The van der Waals surface area contributed by atoms with Crippen molar-refractivity contribution in [1.29, 1.82) is 0 Å². The van der Waals surface area contributed by atoms with Gasteiger partial charge in [0.05, 0.1) is 36.2 Å². The molecule has 0 radical (unpaired) electrons. The van der Waals surface area contributed by atoms with Crippen molar-refractivity contribution in [2.24, 2.45) is 5.10 Å². The summed E-state index contributed by atoms with van der Waals surface area (Å²) < 4.78 is 11.5. The number of hydrazone groups is 1. The van der Waals surface area contributed by atoms with Gasteiger partial charge in [0, 0.05) is 0 Å². The summed E-state index contributed by atoms with van der Waals surface area (Å²) in [7, 11) is 0. The zero-order valence-corrected chi connectivity index (χ0v) is 18.7. The van der Waals surface area contributed by atoms with Crippen LogP contribution in [0, 0.1) is 0 Å². The van der Waals surface area contributed by atoms with Crippen LogP contribution in [0.15, 0.2) is 52.7 Å². The largest absolute Gasteiger partial charge is 0.490 e. The fourth-order valence-electron chi connectivity index (χ4n) is 2.87. The van der Waals surface area contributed by atoms with Gasteiger partial charge in [-0.05, 0) is 49.2 Å². The van der Waals surface area contributed by atoms with Crippen molar-refractivity contribution in [2.75, 3.05) is 19.0 Å². The van der Waals surface area contributed by atoms with Crippen LogP contribution in [-0.4, -0.2) is 41.1 Å². The van der Waals surface area contributed by atoms with Crippen molar-refractivity contribution in [3.05, 3.63) is 48.0 Å². The number of imidazole rings is 1. The number of aromatic nitrogens is 2. The van der Waals surface area contributed by atoms with E-state index in [-0.39, 0.29) is 11.7 Å². The molecule has 3 aromatic rings. The monoisotopic (exact) mass is 440 g/mol. The molecule has 0 fully saturated rings. The number of amides is 1. The van der Waals surface area contributed by atoms with Gasteiger partial charge < -0.3 is 14.5 Å². The van der Waals surface area contributed by atoms with Gasteiger partial charge in [-0.1, -0.05) is 43.7 Å². The Labute approximate surface area is 186 Å². The molecule has 0 saturated carbocycles. The van der Waals surface area contributed by atoms with E-state index in [1.807, 2.05) is 49.4 Å². The molecule has 2 N–H and O–H groups in total. The second-order valence-corrected chi connectivity index (χ2v) is 7.80. The summed E-state index contributed by atoms with van der Waals surface area (Å²) in [6, 6.07) is 13.4. The fourth-order valence-corrected chi connectivity index (χ4v) is 3.55. The van der Waals surface area contributed by atoms with Crippen LogP contribution in [0.2, 0.25) is 0 Å². The molecule has 31 heavy (non-hydrogen) atoms. The lowest BCUT2D eigenvalue weighted by Gasteiger charge is -2.12. The highest BCUT2D eigenvalue weighted by atomic mass is 32.2. The third-order valence-corrected chi connectivity index (χ3v) is 5.26. The van der Waals surface area contributed by atoms with Crippen molar-refractivity contribution >= 4 is 34.9 Å². The Morgan fingerprint density at radius 2 is 2.03 bits per heavy atom. The van der Waals surface area contributed by atoms with Crippen molar-refractivity contribution in [1.82, 2.24) is 15.4 Å². The van der Waals surface area contributed by atoms with Crippen LogP contribution in [0.3, 0.4) is 0 Å². The van der Waals surface area contributed by atoms with Crippen LogP contribution in [0.5, 0.6) is 11.5 Å². The molecule has 0 spiro atoms. The summed E-state index contributed by atoms with van der Waals surface area (Å²) in [6.45, 7) is 5.31. The molecule has 0 saturated heterocycles. The van der Waals surface area contributed by atoms with Gasteiger partial charge in [0.1, 0.15) is 0 Å². The van der Waals surface area contributed by atoms with E-state index >= 15 is 0 Å². The molecule has 0 aliphatic rings. The van der Waals surface area contributed by atoms with Crippen molar-refractivity contribution in [3.63, 3.8) is 0 Å². The highest BCUT2D eigenvalue weighted by Gasteiger charge is 2.08. The van der Waals surface area contributed by atoms with Gasteiger partial charge in [-0.2, -0.15) is 5.10 Å². The molecule has 2 aromatic carbocycles. The van der Waals surface area contributed by atoms with E-state index in [2.05, 4.69) is 27.4 Å². The van der Waals surface area contributed by atoms with E-state index in [1.165, 1.54) is 11.8 Å². The smallest absolute Gasteiger partial charge is 0.250 e. The maximum Gasteiger partial charge on any atom is 0.250 e. The Bertz CT molecular complexity index is 986. The number of benzene rings is 2. The number of para-hydroxylation sites is 2. The third-order valence-electron chi connectivity index (χ3n) is 4.38. The van der Waals surface area contributed by atoms with Gasteiger partial charge in [0.15, 0.2) is 16.7 Å². The van der Waals surface area contributed by atoms with Crippen LogP contribution < -0.4 is 14.9 Å². The van der Waals surface area contributed by atoms with Gasteiger partial charge >= 0.3 is 0 Å². The van der Waals surface area contributed by atoms with Crippen molar-refractivity contribution < 1.29 is 14.3 Å². The van der Waals surface area contributed by atoms with Crippen LogP contribution in [0.25, 0.3) is 11.0 Å². The lowest BCUT2D eigenvalue weighted by molar-refractivity contribution is -0.118. The number of rotatable bonds is 12. The number of fused-ring (bicyclic) bond motifs is 1. The summed E-state index contributed by atoms with van der Waals surface area (Å²) in [4.78, 5) is 19.7. The molecule has 164 valence electrons. The first-order valence-electron chi connectivity index (χ1n) is 10.5. The first-order valence-corrected chi connectivity index (χ1v) is 11.5. The van der Waals surface area contributed by atoms with Gasteiger partial charge in [0.25, 0.3) is 5.91 Å². The first kappa shape index (κ1) is 22.7. The number of carbonyl (C=O) groups is 1. The number of ether oxygens (including phenoxy) is 2. The molecular weight excluding hydrogens is 412 g/mol. The average Bonchev–Trinajstić information content (AvgIpc) is 3.20. The average molecular weight is 441 g/mol. The molecular formula is C23H28N4O3S. The zero-order chi connectivity index (χ0) is 21.9. The van der Waals surface area contributed by atoms with Crippen LogP contribution >= 0.6 is 11.8 Å². The molecule has 0 aliphatic carbocycles. The number of hydrogen-bond acceptors (Lipinski definition) is 6. The lowest BCUT2D eigenvalue weighted by Crippen LogP contribution is -2.19. The number of nitrogens with one attached hydrogen (secondary N) is 2. The Morgan fingerprint density at radius 3 is 2.84 bits per heavy atom. The minimum absolute atomic E-state index is 0.206. The summed E-state index contributed by atoms with van der Waals surface area (Å²) in [5.74, 6) is 1.41. The van der Waals surface area contributed by atoms with Crippen LogP contribution in [0.1, 0.15) is 38.7 Å². The Balaban J connectivity index is 1.50. The molecule has 3 rings (SSSR count). The van der Waals surface area contributed by atoms with Crippen molar-refractivity contribution in [3.8, 4) is 11.5 Å². The molecule has 1 heterocycles. The number of nitrogens with zero attached hydrogens (tertiary/aromatic N) is 2. The molecule has 1 aromatic heterocycles. The number of H-pyrrole nitrogens is 1. The predicted molar refractivity (Wildman–Crippen MR) is 125 cm³/mol. The minimum atomic E-state index is -0.206. The van der Waals surface area contributed by atoms with E-state index in [1.54, 1.807) is 6.21 Å². The summed E-state index contributed by atoms with van der Waals surface area (Å²) in [5.41, 5.74) is 5.19. The molecule has 0 atom stereocenters. The molecule has 7 nitrogen and oxygen atoms in total. The summed E-state index contributed by atoms with van der Waals surface area (Å²) >= 11 is 1.33. The standard InChI is InChI=1S/C23H28N4O3S/c1-3-5-8-13-30-20-12-11-17(14-21(20)29-4-2)15-24-27-22(28)16-31-23-25-18-9-6-7-10-19(18)26-23/h6-7,9-12,14-15H,3-5,8,13,16H2,1-2H3,(H,25,26)(H,27,28)/b24-15+. The summed E-state index contributed by atoms with van der Waals surface area (Å²) in [5, 5.41) is 4.75. The highest BCUT2D eigenvalue weighted by Crippen LogP contribution is 2.28. The van der Waals surface area contributed by atoms with Gasteiger partial charge in [-0.15, -0.1) is 0 Å². The van der Waals surface area contributed by atoms with E-state index in [0.29, 0.717) is 24.1 Å². The lowest BCUT2D eigenvalue weighted by atomic mass is 10.2. The number of carbonyl (C=O) groups excluding carboxylic acids is 1. The number of thioether (sulfide) groups is 1. The molecule has 0 unspecified atom stereocenters. The van der Waals surface area contributed by atoms with Gasteiger partial charge in [-0.3, -0.25) is 4.79 Å². The number of hydrogen-bond donors (Lipinski definition) is 2. The Morgan fingerprint density at radius 1 is 1.16 bits per heavy atom. The normalized spacial score (nSPS) is 11.2. The highest BCUT2D eigenvalue weighted by molar-refractivity contribution is 7.99. The van der Waals surface area contributed by atoms with E-state index in [4.69, 9.17) is 9.47 Å². The second-order valence-electron chi connectivity index (χ2n) is 6.84. The Hall–Kier alpha value is -3.00. The SMILES string of the molecule is CCCCCOc1ccc(/C=N/NC(=O)CSc2nc3ccccc3[nH]2)cc1OCC. The Kier molecular flexibility index (Phi) is 8.78. The molecule has 8 heteroatoms. The molecule has 1 amide bonds. The fraction of sp³-hybridized carbons (Fsp3) is 0.348. The molecule has 0 bridgehead atoms. The number of unbranched alkanes of at least 4 members (excludes halogenated alkanes) is 2. The predicted octanol–water partition coefficient (Wildman–Crippen LogP) is 4.77. The van der Waals surface area contributed by atoms with Crippen molar-refractivity contribution in [2.45, 2.75) is 38.3 Å². The quantitative estimate of drug-likeness (QED) is 0.183. The van der Waals surface area contributed by atoms with Gasteiger partial charge in [0.2, 0.25) is 0 Å². The maximum absolute atomic E-state index is 12.1. The minimum Gasteiger partial charge on any atom is -0.490 e. The summed E-state index contributed by atoms with van der Waals surface area (Å²) in [6.07, 6.45) is 4.90. The third kappa shape index (κ3) is 7.03.